The van der Waals surface area contributed by atoms with E-state index in [2.05, 4.69) is 83.9 Å². The van der Waals surface area contributed by atoms with Crippen LogP contribution in [0.25, 0.3) is 11.1 Å². The molecule has 7 amide bonds. The molecule has 4 aliphatic rings. The average Bonchev–Trinajstić information content (AvgIpc) is 3.70. The maximum absolute atomic E-state index is 13.8. The normalized spacial score (nSPS) is 21.9. The molecule has 1 aliphatic heterocycles. The minimum Gasteiger partial charge on any atom is -0.404 e. The van der Waals surface area contributed by atoms with Crippen LogP contribution in [0.3, 0.4) is 0 Å². The lowest BCUT2D eigenvalue weighted by atomic mass is 9.43. The van der Waals surface area contributed by atoms with Gasteiger partial charge >= 0.3 is 7.12 Å². The second kappa shape index (κ2) is 25.7. The molecule has 12 N–H and O–H groups in total. The van der Waals surface area contributed by atoms with Crippen molar-refractivity contribution in [2.24, 2.45) is 34.5 Å². The fourth-order valence-electron chi connectivity index (χ4n) is 10.1. The Kier molecular flexibility index (Phi) is 20.4. The molecule has 1 heterocycles. The molecule has 3 saturated carbocycles. The Morgan fingerprint density at radius 1 is 0.714 bits per heavy atom. The van der Waals surface area contributed by atoms with Gasteiger partial charge in [0.1, 0.15) is 24.2 Å². The van der Waals surface area contributed by atoms with Gasteiger partial charge in [0.15, 0.2) is 0 Å². The van der Waals surface area contributed by atoms with E-state index in [0.717, 1.165) is 43.2 Å². The van der Waals surface area contributed by atoms with Gasteiger partial charge in [-0.1, -0.05) is 63.6 Å². The number of hydrogen-bond donors (Lipinski definition) is 9. The zero-order valence-corrected chi connectivity index (χ0v) is 42.0. The van der Waals surface area contributed by atoms with Crippen molar-refractivity contribution in [1.82, 2.24) is 31.9 Å². The molecule has 384 valence electrons. The van der Waals surface area contributed by atoms with E-state index in [1.807, 2.05) is 12.1 Å². The molecule has 2 aromatic carbocycles. The molecule has 18 nitrogen and oxygen atoms in total. The highest BCUT2D eigenvalue weighted by Gasteiger charge is 2.68. The summed E-state index contributed by atoms with van der Waals surface area (Å²) in [6.45, 7) is 12.6. The van der Waals surface area contributed by atoms with E-state index in [-0.39, 0.29) is 43.2 Å². The number of carbonyl (C=O) groups is 7. The van der Waals surface area contributed by atoms with Gasteiger partial charge in [0.25, 0.3) is 5.91 Å². The first-order chi connectivity index (χ1) is 33.3. The van der Waals surface area contributed by atoms with E-state index < -0.39 is 84.7 Å². The van der Waals surface area contributed by atoms with Crippen LogP contribution in [0.1, 0.15) is 135 Å². The highest BCUT2D eigenvalue weighted by Crippen LogP contribution is 2.65. The number of nitrogens with one attached hydrogen (secondary N) is 6. The number of benzene rings is 2. The topological polar surface area (TPSA) is 288 Å². The molecule has 70 heavy (non-hydrogen) atoms. The highest BCUT2D eigenvalue weighted by atomic mass is 16.7. The van der Waals surface area contributed by atoms with Crippen LogP contribution < -0.4 is 49.1 Å². The molecular weight excluding hydrogens is 893 g/mol. The molecule has 9 atom stereocenters. The van der Waals surface area contributed by atoms with Gasteiger partial charge < -0.3 is 58.4 Å². The third-order valence-electron chi connectivity index (χ3n) is 14.6. The van der Waals surface area contributed by atoms with Crippen LogP contribution in [0, 0.1) is 17.3 Å². The summed E-state index contributed by atoms with van der Waals surface area (Å²) in [5, 5.41) is 16.3. The molecule has 2 bridgehead atoms. The molecule has 1 saturated heterocycles. The van der Waals surface area contributed by atoms with Crippen LogP contribution in [-0.2, 0) is 44.5 Å². The van der Waals surface area contributed by atoms with Crippen molar-refractivity contribution in [3.05, 3.63) is 59.7 Å². The van der Waals surface area contributed by atoms with Gasteiger partial charge in [-0.2, -0.15) is 0 Å². The molecule has 6 rings (SSSR count). The van der Waals surface area contributed by atoms with Gasteiger partial charge in [-0.15, -0.1) is 0 Å². The Hall–Kier alpha value is -5.37. The van der Waals surface area contributed by atoms with E-state index in [0.29, 0.717) is 56.2 Å². The van der Waals surface area contributed by atoms with Crippen molar-refractivity contribution in [1.29, 1.82) is 0 Å². The van der Waals surface area contributed by atoms with E-state index in [4.69, 9.17) is 26.5 Å². The number of amides is 7. The first-order valence-electron chi connectivity index (χ1n) is 25.3. The summed E-state index contributed by atoms with van der Waals surface area (Å²) in [6.07, 6.45) is 6.98. The van der Waals surface area contributed by atoms with Crippen LogP contribution in [0.15, 0.2) is 48.5 Å². The van der Waals surface area contributed by atoms with Gasteiger partial charge in [0.2, 0.25) is 35.4 Å². The summed E-state index contributed by atoms with van der Waals surface area (Å²) in [7, 11) is -0.746. The zero-order valence-electron chi connectivity index (χ0n) is 42.0. The molecule has 0 radical (unpaired) electrons. The Labute approximate surface area is 413 Å². The van der Waals surface area contributed by atoms with Crippen LogP contribution in [-0.4, -0.2) is 110 Å². The number of aryl methyl sites for hydroxylation is 1. The minimum absolute atomic E-state index is 0.0104. The zero-order chi connectivity index (χ0) is 51.2. The Balaban J connectivity index is 1.13. The van der Waals surface area contributed by atoms with Gasteiger partial charge in [0.05, 0.1) is 24.1 Å². The van der Waals surface area contributed by atoms with Gasteiger partial charge in [-0.3, -0.25) is 33.6 Å². The molecule has 0 spiro atoms. The predicted molar refractivity (Wildman–Crippen MR) is 268 cm³/mol. The summed E-state index contributed by atoms with van der Waals surface area (Å²) in [5.41, 5.74) is 20.3. The predicted octanol–water partition coefficient (Wildman–Crippen LogP) is 2.68. The molecule has 2 aromatic rings. The van der Waals surface area contributed by atoms with Crippen LogP contribution in [0.4, 0.5) is 0 Å². The lowest BCUT2D eigenvalue weighted by molar-refractivity contribution is -0.199. The molecule has 4 fully saturated rings. The third-order valence-corrected chi connectivity index (χ3v) is 14.6. The summed E-state index contributed by atoms with van der Waals surface area (Å²) < 4.78 is 12.8. The number of unbranched alkanes of at least 4 members (excludes halogenated alkanes) is 3. The fraction of sp³-hybridized carbons (Fsp3) is 0.627. The Morgan fingerprint density at radius 2 is 1.29 bits per heavy atom. The Bertz CT molecular complexity index is 2130. The SMILES string of the molecule is CCCCc1ccc(-c2ccc(C(=O)NCCC(=O)N[C@@H](CCCCN)C(=O)N[C@@H](CCCCN)C(=O)N[C@@H](C)C(=O)N[C@@H](CC(N)=O)C(=O)N[C@@H](C)B3OC4C[C@@H]5C[C@@H](C5(C)C)[C@]4(C)O3)cc2)cc1. The fourth-order valence-corrected chi connectivity index (χ4v) is 10.1. The smallest absolute Gasteiger partial charge is 0.404 e. The van der Waals surface area contributed by atoms with Crippen LogP contribution >= 0.6 is 0 Å². The summed E-state index contributed by atoms with van der Waals surface area (Å²) in [6, 6.07) is 10.9. The monoisotopic (exact) mass is 972 g/mol. The van der Waals surface area contributed by atoms with E-state index in [9.17, 15) is 33.6 Å². The molecular formula is C51H78BN9O9. The van der Waals surface area contributed by atoms with E-state index in [1.54, 1.807) is 19.1 Å². The van der Waals surface area contributed by atoms with Crippen molar-refractivity contribution in [3.63, 3.8) is 0 Å². The van der Waals surface area contributed by atoms with Crippen LogP contribution in [0.5, 0.6) is 0 Å². The van der Waals surface area contributed by atoms with Crippen LogP contribution in [0.2, 0.25) is 0 Å². The van der Waals surface area contributed by atoms with Gasteiger partial charge in [-0.25, -0.2) is 0 Å². The van der Waals surface area contributed by atoms with E-state index in [1.165, 1.54) is 12.5 Å². The first-order valence-corrected chi connectivity index (χ1v) is 25.3. The lowest BCUT2D eigenvalue weighted by Gasteiger charge is -2.64. The van der Waals surface area contributed by atoms with Gasteiger partial charge in [-0.05, 0) is 144 Å². The number of primary amides is 1. The molecule has 1 unspecified atom stereocenters. The molecule has 19 heteroatoms. The lowest BCUT2D eigenvalue weighted by Crippen LogP contribution is -2.65. The molecule has 0 aromatic heterocycles. The quantitative estimate of drug-likeness (QED) is 0.0442. The minimum atomic E-state index is -1.38. The summed E-state index contributed by atoms with van der Waals surface area (Å²) in [5.74, 6) is -4.23. The second-order valence-corrected chi connectivity index (χ2v) is 20.2. The summed E-state index contributed by atoms with van der Waals surface area (Å²) in [4.78, 5) is 93.0. The Morgan fingerprint density at radius 3 is 1.87 bits per heavy atom. The number of rotatable bonds is 28. The van der Waals surface area contributed by atoms with Crippen molar-refractivity contribution in [3.8, 4) is 11.1 Å². The van der Waals surface area contributed by atoms with Crippen molar-refractivity contribution in [2.75, 3.05) is 19.6 Å². The number of carbonyl (C=O) groups excluding carboxylic acids is 7. The standard InChI is InChI=1S/C51H78BN9O9/c1-7-8-13-33-16-18-34(19-17-33)35-20-22-36(23-21-35)46(65)56-27-24-44(63)59-38(14-9-11-25-53)48(67)60-39(15-10-12-26-54)47(66)57-31(2)45(64)61-40(30-43(55)62)49(68)58-32(3)52-69-42-29-37-28-41(50(37,4)5)51(42,6)70-52/h16-23,31-32,37-42H,7-15,24-30,53-54H2,1-6H3,(H2,55,62)(H,56,65)(H,57,66)(H,58,68)(H,59,63)(H,60,67)(H,61,64)/t31-,32-,37-,38-,39-,40-,41-,42?,51-/m0/s1. The molecule has 3 aliphatic carbocycles. The first kappa shape index (κ1) is 55.6. The number of hydrogen-bond acceptors (Lipinski definition) is 11. The third kappa shape index (κ3) is 14.6. The van der Waals surface area contributed by atoms with Gasteiger partial charge in [0, 0.05) is 18.5 Å². The average molecular weight is 972 g/mol. The van der Waals surface area contributed by atoms with E-state index >= 15 is 0 Å². The van der Waals surface area contributed by atoms with Crippen molar-refractivity contribution in [2.45, 2.75) is 167 Å². The van der Waals surface area contributed by atoms with Crippen molar-refractivity contribution < 1.29 is 42.9 Å². The maximum Gasteiger partial charge on any atom is 0.481 e. The maximum atomic E-state index is 13.8. The largest absolute Gasteiger partial charge is 0.481 e. The second-order valence-electron chi connectivity index (χ2n) is 20.2. The van der Waals surface area contributed by atoms with Crippen molar-refractivity contribution >= 4 is 48.5 Å². The number of nitrogens with two attached hydrogens (primary N) is 3. The highest BCUT2D eigenvalue weighted by molar-refractivity contribution is 6.47. The summed E-state index contributed by atoms with van der Waals surface area (Å²) >= 11 is 0.